The monoisotopic (exact) mass is 309 g/mol. The summed E-state index contributed by atoms with van der Waals surface area (Å²) >= 11 is 1.38. The second kappa shape index (κ2) is 6.44. The summed E-state index contributed by atoms with van der Waals surface area (Å²) in [6.45, 7) is 1.80. The van der Waals surface area contributed by atoms with Gasteiger partial charge in [0.1, 0.15) is 0 Å². The average molecular weight is 309 g/mol. The Kier molecular flexibility index (Phi) is 4.84. The van der Waals surface area contributed by atoms with Crippen molar-refractivity contribution in [1.29, 1.82) is 0 Å². The lowest BCUT2D eigenvalue weighted by Gasteiger charge is -2.27. The third-order valence-corrected chi connectivity index (χ3v) is 4.63. The van der Waals surface area contributed by atoms with Crippen LogP contribution in [-0.2, 0) is 4.79 Å². The molecule has 1 atom stereocenters. The van der Waals surface area contributed by atoms with E-state index in [1.807, 2.05) is 0 Å². The molecule has 1 fully saturated rings. The second-order valence-electron chi connectivity index (χ2n) is 5.44. The number of nitro benzene ring substituents is 1. The second-order valence-corrected chi connectivity index (χ2v) is 6.58. The van der Waals surface area contributed by atoms with Gasteiger partial charge in [-0.05, 0) is 32.3 Å². The number of hydrogen-bond acceptors (Lipinski definition) is 5. The number of carbonyl (C=O) groups is 1. The van der Waals surface area contributed by atoms with Crippen molar-refractivity contribution >= 4 is 23.4 Å². The van der Waals surface area contributed by atoms with Crippen molar-refractivity contribution < 1.29 is 9.72 Å². The molecule has 3 N–H and O–H groups in total. The highest BCUT2D eigenvalue weighted by Gasteiger charge is 2.36. The van der Waals surface area contributed by atoms with Crippen molar-refractivity contribution in [1.82, 2.24) is 5.32 Å². The van der Waals surface area contributed by atoms with Crippen LogP contribution < -0.4 is 11.1 Å². The molecule has 2 rings (SSSR count). The SMILES string of the molecule is CC(CCSc1ccccc1[N+](=O)[O-])(NC1CC1)C(N)=O. The van der Waals surface area contributed by atoms with E-state index in [9.17, 15) is 14.9 Å². The van der Waals surface area contributed by atoms with Crippen molar-refractivity contribution in [3.05, 3.63) is 34.4 Å². The lowest BCUT2D eigenvalue weighted by molar-refractivity contribution is -0.387. The summed E-state index contributed by atoms with van der Waals surface area (Å²) in [7, 11) is 0. The molecule has 0 bridgehead atoms. The van der Waals surface area contributed by atoms with Gasteiger partial charge in [0.05, 0.1) is 15.4 Å². The standard InChI is InChI=1S/C14H19N3O3S/c1-14(13(15)18,16-10-6-7-10)8-9-21-12-5-3-2-4-11(12)17(19)20/h2-5,10,16H,6-9H2,1H3,(H2,15,18). The van der Waals surface area contributed by atoms with Crippen LogP contribution in [0.1, 0.15) is 26.2 Å². The Hall–Kier alpha value is -1.60. The maximum absolute atomic E-state index is 11.6. The van der Waals surface area contributed by atoms with E-state index in [1.165, 1.54) is 17.8 Å². The lowest BCUT2D eigenvalue weighted by atomic mass is 9.98. The minimum absolute atomic E-state index is 0.0958. The highest BCUT2D eigenvalue weighted by molar-refractivity contribution is 7.99. The zero-order valence-corrected chi connectivity index (χ0v) is 12.7. The van der Waals surface area contributed by atoms with Gasteiger partial charge >= 0.3 is 0 Å². The summed E-state index contributed by atoms with van der Waals surface area (Å²) in [5, 5.41) is 14.2. The van der Waals surface area contributed by atoms with Crippen LogP contribution in [0, 0.1) is 10.1 Å². The van der Waals surface area contributed by atoms with Gasteiger partial charge in [0, 0.05) is 17.9 Å². The molecule has 0 aliphatic heterocycles. The molecular formula is C14H19N3O3S. The number of thioether (sulfide) groups is 1. The van der Waals surface area contributed by atoms with E-state index in [1.54, 1.807) is 25.1 Å². The number of benzene rings is 1. The van der Waals surface area contributed by atoms with Crippen LogP contribution in [0.4, 0.5) is 5.69 Å². The number of amides is 1. The molecule has 6 nitrogen and oxygen atoms in total. The van der Waals surface area contributed by atoms with Crippen molar-refractivity contribution in [2.75, 3.05) is 5.75 Å². The number of para-hydroxylation sites is 1. The van der Waals surface area contributed by atoms with E-state index in [0.717, 1.165) is 12.8 Å². The predicted molar refractivity (Wildman–Crippen MR) is 82.2 cm³/mol. The number of nitrogens with two attached hydrogens (primary N) is 1. The fourth-order valence-electron chi connectivity index (χ4n) is 2.04. The molecule has 0 radical (unpaired) electrons. The first-order valence-electron chi connectivity index (χ1n) is 6.86. The summed E-state index contributed by atoms with van der Waals surface area (Å²) < 4.78 is 0. The van der Waals surface area contributed by atoms with Crippen LogP contribution in [0.3, 0.4) is 0 Å². The summed E-state index contributed by atoms with van der Waals surface area (Å²) in [5.41, 5.74) is 4.83. The fraction of sp³-hybridized carbons (Fsp3) is 0.500. The van der Waals surface area contributed by atoms with E-state index in [0.29, 0.717) is 23.1 Å². The third kappa shape index (κ3) is 4.18. The molecule has 114 valence electrons. The minimum Gasteiger partial charge on any atom is -0.368 e. The highest BCUT2D eigenvalue weighted by Crippen LogP contribution is 2.31. The normalized spacial score (nSPS) is 17.2. The summed E-state index contributed by atoms with van der Waals surface area (Å²) in [5.74, 6) is 0.210. The number of nitrogens with one attached hydrogen (secondary N) is 1. The van der Waals surface area contributed by atoms with Gasteiger partial charge in [-0.25, -0.2) is 0 Å². The number of primary amides is 1. The number of carbonyl (C=O) groups excluding carboxylic acids is 1. The van der Waals surface area contributed by atoms with Gasteiger partial charge in [0.15, 0.2) is 0 Å². The van der Waals surface area contributed by atoms with E-state index < -0.39 is 10.5 Å². The Labute approximate surface area is 127 Å². The van der Waals surface area contributed by atoms with Gasteiger partial charge < -0.3 is 11.1 Å². The number of nitro groups is 1. The van der Waals surface area contributed by atoms with Crippen LogP contribution in [0.2, 0.25) is 0 Å². The van der Waals surface area contributed by atoms with Crippen LogP contribution in [-0.4, -0.2) is 28.2 Å². The minimum atomic E-state index is -0.752. The Morgan fingerprint density at radius 1 is 1.52 bits per heavy atom. The van der Waals surface area contributed by atoms with Crippen LogP contribution >= 0.6 is 11.8 Å². The fourth-order valence-corrected chi connectivity index (χ4v) is 3.24. The average Bonchev–Trinajstić information content (AvgIpc) is 3.22. The molecule has 1 amide bonds. The molecule has 1 unspecified atom stereocenters. The van der Waals surface area contributed by atoms with Gasteiger partial charge in [0.2, 0.25) is 5.91 Å². The Morgan fingerprint density at radius 3 is 2.76 bits per heavy atom. The molecule has 1 aromatic carbocycles. The quantitative estimate of drug-likeness (QED) is 0.435. The van der Waals surface area contributed by atoms with Gasteiger partial charge in [-0.2, -0.15) is 0 Å². The lowest BCUT2D eigenvalue weighted by Crippen LogP contribution is -2.54. The molecule has 0 saturated heterocycles. The molecule has 1 aliphatic carbocycles. The summed E-state index contributed by atoms with van der Waals surface area (Å²) in [6.07, 6.45) is 2.68. The molecule has 7 heteroatoms. The first-order valence-corrected chi connectivity index (χ1v) is 7.85. The molecule has 0 spiro atoms. The maximum Gasteiger partial charge on any atom is 0.282 e. The zero-order chi connectivity index (χ0) is 15.5. The van der Waals surface area contributed by atoms with Crippen molar-refractivity contribution in [3.63, 3.8) is 0 Å². The molecule has 0 aromatic heterocycles. The Bertz CT molecular complexity index is 548. The van der Waals surface area contributed by atoms with Crippen LogP contribution in [0.25, 0.3) is 0 Å². The third-order valence-electron chi connectivity index (χ3n) is 3.57. The molecule has 21 heavy (non-hydrogen) atoms. The van der Waals surface area contributed by atoms with E-state index >= 15 is 0 Å². The molecule has 1 saturated carbocycles. The number of hydrogen-bond donors (Lipinski definition) is 2. The van der Waals surface area contributed by atoms with Gasteiger partial charge in [0.25, 0.3) is 5.69 Å². The maximum atomic E-state index is 11.6. The molecule has 0 heterocycles. The van der Waals surface area contributed by atoms with E-state index in [-0.39, 0.29) is 11.6 Å². The number of nitrogens with zero attached hydrogens (tertiary/aromatic N) is 1. The summed E-state index contributed by atoms with van der Waals surface area (Å²) in [6, 6.07) is 6.99. The summed E-state index contributed by atoms with van der Waals surface area (Å²) in [4.78, 5) is 22.8. The largest absolute Gasteiger partial charge is 0.368 e. The first kappa shape index (κ1) is 15.8. The molecule has 1 aromatic rings. The van der Waals surface area contributed by atoms with Crippen molar-refractivity contribution in [2.45, 2.75) is 42.7 Å². The van der Waals surface area contributed by atoms with E-state index in [4.69, 9.17) is 5.73 Å². The Morgan fingerprint density at radius 2 is 2.19 bits per heavy atom. The van der Waals surface area contributed by atoms with Crippen molar-refractivity contribution in [2.24, 2.45) is 5.73 Å². The topological polar surface area (TPSA) is 98.3 Å². The smallest absolute Gasteiger partial charge is 0.282 e. The van der Waals surface area contributed by atoms with Crippen molar-refractivity contribution in [3.8, 4) is 0 Å². The predicted octanol–water partition coefficient (Wildman–Crippen LogP) is 2.07. The van der Waals surface area contributed by atoms with Gasteiger partial charge in [-0.3, -0.25) is 14.9 Å². The van der Waals surface area contributed by atoms with Gasteiger partial charge in [-0.1, -0.05) is 12.1 Å². The Balaban J connectivity index is 1.96. The molecular weight excluding hydrogens is 290 g/mol. The number of rotatable bonds is 8. The van der Waals surface area contributed by atoms with E-state index in [2.05, 4.69) is 5.32 Å². The van der Waals surface area contributed by atoms with Crippen LogP contribution in [0.15, 0.2) is 29.2 Å². The van der Waals surface area contributed by atoms with Crippen LogP contribution in [0.5, 0.6) is 0 Å². The zero-order valence-electron chi connectivity index (χ0n) is 11.9. The highest BCUT2D eigenvalue weighted by atomic mass is 32.2. The molecule has 1 aliphatic rings. The first-order chi connectivity index (χ1) is 9.92. The van der Waals surface area contributed by atoms with Gasteiger partial charge in [-0.15, -0.1) is 11.8 Å².